The standard InChI is InChI=1S/C21H26N4O.C2H6/c1-14-16(21(26)23(3)15(2)22-14)9-11-25-12-10-20-18(13-25)17-7-5-6-8-19(17)24(20)4;1-2/h5-8H,9-13H2,1-4H3;1-2H3. The number of hydrogen-bond donors (Lipinski definition) is 0. The molecule has 1 aromatic carbocycles. The van der Waals surface area contributed by atoms with Crippen molar-refractivity contribution in [3.05, 3.63) is 63.0 Å². The van der Waals surface area contributed by atoms with Crippen molar-refractivity contribution in [2.75, 3.05) is 13.1 Å². The summed E-state index contributed by atoms with van der Waals surface area (Å²) < 4.78 is 3.99. The Morgan fingerprint density at radius 1 is 1.07 bits per heavy atom. The van der Waals surface area contributed by atoms with Crippen LogP contribution >= 0.6 is 0 Å². The number of aromatic nitrogens is 3. The molecule has 0 saturated carbocycles. The third-order valence-electron chi connectivity index (χ3n) is 5.88. The lowest BCUT2D eigenvalue weighted by atomic mass is 10.0. The van der Waals surface area contributed by atoms with Crippen LogP contribution in [0.4, 0.5) is 0 Å². The molecule has 3 heterocycles. The molecule has 4 rings (SSSR count). The predicted molar refractivity (Wildman–Crippen MR) is 116 cm³/mol. The number of fused-ring (bicyclic) bond motifs is 3. The summed E-state index contributed by atoms with van der Waals surface area (Å²) in [6.45, 7) is 10.7. The van der Waals surface area contributed by atoms with Crippen LogP contribution in [0.5, 0.6) is 0 Å². The minimum absolute atomic E-state index is 0.0952. The lowest BCUT2D eigenvalue weighted by Gasteiger charge is -2.28. The lowest BCUT2D eigenvalue weighted by molar-refractivity contribution is 0.255. The Morgan fingerprint density at radius 2 is 1.79 bits per heavy atom. The van der Waals surface area contributed by atoms with Crippen molar-refractivity contribution in [3.63, 3.8) is 0 Å². The molecule has 1 aliphatic rings. The molecule has 0 bridgehead atoms. The zero-order chi connectivity index (χ0) is 20.4. The van der Waals surface area contributed by atoms with E-state index in [4.69, 9.17) is 0 Å². The third-order valence-corrected chi connectivity index (χ3v) is 5.88. The van der Waals surface area contributed by atoms with E-state index in [2.05, 4.69) is 45.8 Å². The van der Waals surface area contributed by atoms with Crippen LogP contribution in [-0.2, 0) is 33.5 Å². The summed E-state index contributed by atoms with van der Waals surface area (Å²) >= 11 is 0. The maximum Gasteiger partial charge on any atom is 0.256 e. The highest BCUT2D eigenvalue weighted by molar-refractivity contribution is 5.85. The van der Waals surface area contributed by atoms with Crippen molar-refractivity contribution >= 4 is 10.9 Å². The zero-order valence-corrected chi connectivity index (χ0v) is 18.0. The van der Waals surface area contributed by atoms with Crippen LogP contribution < -0.4 is 5.56 Å². The highest BCUT2D eigenvalue weighted by atomic mass is 16.1. The highest BCUT2D eigenvalue weighted by Gasteiger charge is 2.23. The third kappa shape index (κ3) is 3.51. The summed E-state index contributed by atoms with van der Waals surface area (Å²) in [5.41, 5.74) is 6.02. The van der Waals surface area contributed by atoms with Gasteiger partial charge in [-0.1, -0.05) is 32.0 Å². The first-order chi connectivity index (χ1) is 13.5. The summed E-state index contributed by atoms with van der Waals surface area (Å²) in [7, 11) is 3.97. The van der Waals surface area contributed by atoms with Crippen molar-refractivity contribution in [2.45, 2.75) is 47.1 Å². The molecule has 0 amide bonds. The van der Waals surface area contributed by atoms with E-state index in [-0.39, 0.29) is 5.56 Å². The second kappa shape index (κ2) is 8.31. The van der Waals surface area contributed by atoms with E-state index in [1.165, 1.54) is 22.2 Å². The number of benzene rings is 1. The maximum absolute atomic E-state index is 12.6. The van der Waals surface area contributed by atoms with Crippen molar-refractivity contribution in [3.8, 4) is 0 Å². The SMILES string of the molecule is CC.Cc1nc(C)n(C)c(=O)c1CCN1CCc2c(c3ccccc3n2C)C1. The quantitative estimate of drug-likeness (QED) is 0.698. The van der Waals surface area contributed by atoms with Crippen LogP contribution in [0, 0.1) is 13.8 Å². The summed E-state index contributed by atoms with van der Waals surface area (Å²) in [5.74, 6) is 0.773. The first-order valence-corrected chi connectivity index (χ1v) is 10.3. The summed E-state index contributed by atoms with van der Waals surface area (Å²) in [5, 5.41) is 1.36. The normalized spacial score (nSPS) is 13.9. The van der Waals surface area contributed by atoms with E-state index in [9.17, 15) is 4.79 Å². The lowest BCUT2D eigenvalue weighted by Crippen LogP contribution is -2.34. The molecular weight excluding hydrogens is 348 g/mol. The molecule has 28 heavy (non-hydrogen) atoms. The minimum atomic E-state index is 0.0952. The number of nitrogens with zero attached hydrogens (tertiary/aromatic N) is 4. The van der Waals surface area contributed by atoms with Crippen molar-refractivity contribution in [1.82, 2.24) is 19.0 Å². The Balaban J connectivity index is 0.00000109. The molecule has 5 nitrogen and oxygen atoms in total. The molecule has 0 spiro atoms. The van der Waals surface area contributed by atoms with Gasteiger partial charge in [-0.15, -0.1) is 0 Å². The zero-order valence-electron chi connectivity index (χ0n) is 18.0. The van der Waals surface area contributed by atoms with Gasteiger partial charge in [-0.05, 0) is 31.9 Å². The fourth-order valence-electron chi connectivity index (χ4n) is 4.22. The number of aryl methyl sites for hydroxylation is 3. The van der Waals surface area contributed by atoms with Crippen LogP contribution in [0.15, 0.2) is 29.1 Å². The first-order valence-electron chi connectivity index (χ1n) is 10.3. The molecule has 0 atom stereocenters. The molecule has 5 heteroatoms. The maximum atomic E-state index is 12.6. The summed E-state index contributed by atoms with van der Waals surface area (Å²) in [6.07, 6.45) is 1.82. The predicted octanol–water partition coefficient (Wildman–Crippen LogP) is 3.52. The van der Waals surface area contributed by atoms with E-state index in [0.717, 1.165) is 49.6 Å². The van der Waals surface area contributed by atoms with Crippen LogP contribution in [-0.4, -0.2) is 32.1 Å². The van der Waals surface area contributed by atoms with Crippen LogP contribution in [0.1, 0.15) is 42.2 Å². The van der Waals surface area contributed by atoms with Crippen molar-refractivity contribution in [1.29, 1.82) is 0 Å². The molecule has 0 unspecified atom stereocenters. The van der Waals surface area contributed by atoms with Gasteiger partial charge in [-0.2, -0.15) is 0 Å². The second-order valence-corrected chi connectivity index (χ2v) is 7.36. The molecule has 0 fully saturated rings. The molecule has 0 aliphatic carbocycles. The van der Waals surface area contributed by atoms with E-state index in [1.54, 1.807) is 11.6 Å². The van der Waals surface area contributed by atoms with Gasteiger partial charge in [0.15, 0.2) is 0 Å². The molecule has 1 aliphatic heterocycles. The summed E-state index contributed by atoms with van der Waals surface area (Å²) in [4.78, 5) is 19.5. The van der Waals surface area contributed by atoms with Crippen LogP contribution in [0.3, 0.4) is 0 Å². The number of rotatable bonds is 3. The van der Waals surface area contributed by atoms with E-state index in [0.29, 0.717) is 0 Å². The molecule has 0 N–H and O–H groups in total. The fourth-order valence-corrected chi connectivity index (χ4v) is 4.22. The van der Waals surface area contributed by atoms with Crippen molar-refractivity contribution in [2.24, 2.45) is 14.1 Å². The first kappa shape index (κ1) is 20.3. The average molecular weight is 381 g/mol. The molecule has 0 saturated heterocycles. The Kier molecular flexibility index (Phi) is 6.04. The number of para-hydroxylation sites is 1. The van der Waals surface area contributed by atoms with Crippen LogP contribution in [0.2, 0.25) is 0 Å². The highest BCUT2D eigenvalue weighted by Crippen LogP contribution is 2.29. The van der Waals surface area contributed by atoms with Gasteiger partial charge >= 0.3 is 0 Å². The molecule has 3 aromatic rings. The van der Waals surface area contributed by atoms with Crippen LogP contribution in [0.25, 0.3) is 10.9 Å². The summed E-state index contributed by atoms with van der Waals surface area (Å²) in [6, 6.07) is 8.64. The van der Waals surface area contributed by atoms with Crippen molar-refractivity contribution < 1.29 is 0 Å². The van der Waals surface area contributed by atoms with Gasteiger partial charge < -0.3 is 4.57 Å². The van der Waals surface area contributed by atoms with Gasteiger partial charge in [0.25, 0.3) is 5.56 Å². The largest absolute Gasteiger partial charge is 0.347 e. The fraction of sp³-hybridized carbons (Fsp3) is 0.478. The Labute approximate surface area is 167 Å². The molecule has 150 valence electrons. The molecular formula is C23H32N4O. The minimum Gasteiger partial charge on any atom is -0.347 e. The molecule has 2 aromatic heterocycles. The Hall–Kier alpha value is -2.40. The van der Waals surface area contributed by atoms with Gasteiger partial charge in [-0.3, -0.25) is 14.3 Å². The van der Waals surface area contributed by atoms with Gasteiger partial charge in [0.2, 0.25) is 0 Å². The Bertz CT molecular complexity index is 1040. The average Bonchev–Trinajstić information content (AvgIpc) is 3.00. The van der Waals surface area contributed by atoms with E-state index < -0.39 is 0 Å². The van der Waals surface area contributed by atoms with Gasteiger partial charge in [0.05, 0.1) is 0 Å². The van der Waals surface area contributed by atoms with Gasteiger partial charge in [-0.25, -0.2) is 4.98 Å². The monoisotopic (exact) mass is 380 g/mol. The molecule has 0 radical (unpaired) electrons. The Morgan fingerprint density at radius 3 is 2.54 bits per heavy atom. The van der Waals surface area contributed by atoms with Gasteiger partial charge in [0, 0.05) is 68.0 Å². The second-order valence-electron chi connectivity index (χ2n) is 7.36. The van der Waals surface area contributed by atoms with Gasteiger partial charge in [0.1, 0.15) is 5.82 Å². The topological polar surface area (TPSA) is 43.1 Å². The smallest absolute Gasteiger partial charge is 0.256 e. The number of hydrogen-bond acceptors (Lipinski definition) is 3. The van der Waals surface area contributed by atoms with E-state index >= 15 is 0 Å². The van der Waals surface area contributed by atoms with E-state index in [1.807, 2.05) is 27.7 Å².